The van der Waals surface area contributed by atoms with Crippen molar-refractivity contribution in [2.24, 2.45) is 12.0 Å². The number of nitrogens with zero attached hydrogens (tertiary/aromatic N) is 3. The highest BCUT2D eigenvalue weighted by Gasteiger charge is 2.32. The van der Waals surface area contributed by atoms with Crippen molar-refractivity contribution in [1.82, 2.24) is 9.78 Å². The Morgan fingerprint density at radius 1 is 1.50 bits per heavy atom. The minimum absolute atomic E-state index is 0.148. The van der Waals surface area contributed by atoms with Crippen LogP contribution < -0.4 is 5.32 Å². The van der Waals surface area contributed by atoms with E-state index in [-0.39, 0.29) is 5.54 Å². The van der Waals surface area contributed by atoms with Crippen molar-refractivity contribution in [3.05, 3.63) is 12.4 Å². The number of anilines is 1. The lowest BCUT2D eigenvalue weighted by molar-refractivity contribution is 0.456. The van der Waals surface area contributed by atoms with Crippen LogP contribution >= 0.6 is 11.8 Å². The van der Waals surface area contributed by atoms with E-state index in [2.05, 4.69) is 24.3 Å². The number of nitrogens with one attached hydrogen (secondary N) is 1. The Morgan fingerprint density at radius 2 is 2.25 bits per heavy atom. The van der Waals surface area contributed by atoms with Crippen LogP contribution in [0.3, 0.4) is 0 Å². The van der Waals surface area contributed by atoms with E-state index in [1.54, 1.807) is 16.4 Å². The first-order chi connectivity index (χ1) is 7.67. The van der Waals surface area contributed by atoms with Gasteiger partial charge in [0.1, 0.15) is 0 Å². The molecule has 0 bridgehead atoms. The molecule has 1 N–H and O–H groups in total. The summed E-state index contributed by atoms with van der Waals surface area (Å²) >= 11 is 1.80. The van der Waals surface area contributed by atoms with E-state index in [1.807, 2.05) is 19.4 Å². The van der Waals surface area contributed by atoms with E-state index in [0.29, 0.717) is 0 Å². The minimum atomic E-state index is 0.148. The molecule has 0 spiro atoms. The Hall–Kier alpha value is -0.970. The number of aliphatic imine (C=N–C) groups is 1. The van der Waals surface area contributed by atoms with E-state index < -0.39 is 0 Å². The lowest BCUT2D eigenvalue weighted by Crippen LogP contribution is -2.24. The van der Waals surface area contributed by atoms with Crippen molar-refractivity contribution in [1.29, 1.82) is 0 Å². The third kappa shape index (κ3) is 2.24. The summed E-state index contributed by atoms with van der Waals surface area (Å²) in [6.45, 7) is 4.42. The van der Waals surface area contributed by atoms with Gasteiger partial charge in [0, 0.05) is 19.0 Å². The molecule has 0 saturated heterocycles. The summed E-state index contributed by atoms with van der Waals surface area (Å²) in [4.78, 5) is 4.79. The van der Waals surface area contributed by atoms with Gasteiger partial charge in [0.15, 0.2) is 5.17 Å². The second kappa shape index (κ2) is 4.49. The molecule has 0 fully saturated rings. The van der Waals surface area contributed by atoms with Gasteiger partial charge in [0.2, 0.25) is 0 Å². The molecule has 1 aromatic heterocycles. The topological polar surface area (TPSA) is 42.2 Å². The van der Waals surface area contributed by atoms with Gasteiger partial charge in [0.05, 0.1) is 17.4 Å². The lowest BCUT2D eigenvalue weighted by atomic mass is 9.97. The standard InChI is InChI=1S/C11H18N4S/c1-4-11(5-2)8-16-10(14-11)13-9-6-12-15(3)7-9/h6-7H,4-5,8H2,1-3H3,(H,13,14). The first kappa shape index (κ1) is 11.5. The Morgan fingerprint density at radius 3 is 2.75 bits per heavy atom. The summed E-state index contributed by atoms with van der Waals surface area (Å²) in [7, 11) is 1.91. The molecule has 2 heterocycles. The smallest absolute Gasteiger partial charge is 0.161 e. The summed E-state index contributed by atoms with van der Waals surface area (Å²) in [5, 5.41) is 8.46. The molecule has 0 amide bonds. The third-order valence-corrected chi connectivity index (χ3v) is 4.24. The molecule has 0 unspecified atom stereocenters. The molecule has 0 aliphatic carbocycles. The monoisotopic (exact) mass is 238 g/mol. The molecule has 2 rings (SSSR count). The fourth-order valence-corrected chi connectivity index (χ4v) is 3.09. The largest absolute Gasteiger partial charge is 0.332 e. The summed E-state index contributed by atoms with van der Waals surface area (Å²) in [6, 6.07) is 0. The highest BCUT2D eigenvalue weighted by atomic mass is 32.2. The fraction of sp³-hybridized carbons (Fsp3) is 0.636. The maximum absolute atomic E-state index is 4.79. The van der Waals surface area contributed by atoms with Crippen LogP contribution in [0.15, 0.2) is 17.4 Å². The SMILES string of the molecule is CCC1(CC)CSC(Nc2cnn(C)c2)=N1. The average molecular weight is 238 g/mol. The van der Waals surface area contributed by atoms with E-state index in [0.717, 1.165) is 29.4 Å². The maximum Gasteiger partial charge on any atom is 0.161 e. The van der Waals surface area contributed by atoms with Crippen LogP contribution in [0.5, 0.6) is 0 Å². The van der Waals surface area contributed by atoms with Crippen LogP contribution in [0.4, 0.5) is 5.69 Å². The molecule has 16 heavy (non-hydrogen) atoms. The van der Waals surface area contributed by atoms with Gasteiger partial charge < -0.3 is 5.32 Å². The average Bonchev–Trinajstić information content (AvgIpc) is 2.87. The summed E-state index contributed by atoms with van der Waals surface area (Å²) in [6.07, 6.45) is 5.99. The van der Waals surface area contributed by atoms with E-state index in [4.69, 9.17) is 4.99 Å². The van der Waals surface area contributed by atoms with Gasteiger partial charge >= 0.3 is 0 Å². The second-order valence-electron chi connectivity index (χ2n) is 4.16. The van der Waals surface area contributed by atoms with Gasteiger partial charge in [-0.25, -0.2) is 0 Å². The fourth-order valence-electron chi connectivity index (χ4n) is 1.77. The van der Waals surface area contributed by atoms with Gasteiger partial charge in [-0.2, -0.15) is 5.10 Å². The van der Waals surface area contributed by atoms with Crippen LogP contribution in [0.1, 0.15) is 26.7 Å². The zero-order valence-electron chi connectivity index (χ0n) is 10.0. The zero-order valence-corrected chi connectivity index (χ0v) is 10.8. The molecule has 1 aliphatic rings. The molecule has 5 heteroatoms. The maximum atomic E-state index is 4.79. The van der Waals surface area contributed by atoms with Crippen LogP contribution in [0, 0.1) is 0 Å². The summed E-state index contributed by atoms with van der Waals surface area (Å²) < 4.78 is 1.79. The molecule has 0 atom stereocenters. The molecular formula is C11H18N4S. The Balaban J connectivity index is 2.07. The summed E-state index contributed by atoms with van der Waals surface area (Å²) in [5.41, 5.74) is 1.16. The van der Waals surface area contributed by atoms with Crippen molar-refractivity contribution < 1.29 is 0 Å². The molecule has 4 nitrogen and oxygen atoms in total. The highest BCUT2D eigenvalue weighted by Crippen LogP contribution is 2.33. The van der Waals surface area contributed by atoms with Gasteiger partial charge in [-0.3, -0.25) is 9.67 Å². The van der Waals surface area contributed by atoms with Gasteiger partial charge in [0.25, 0.3) is 0 Å². The predicted molar refractivity (Wildman–Crippen MR) is 70.0 cm³/mol. The minimum Gasteiger partial charge on any atom is -0.332 e. The van der Waals surface area contributed by atoms with E-state index >= 15 is 0 Å². The second-order valence-corrected chi connectivity index (χ2v) is 5.13. The number of amidine groups is 1. The Labute approximate surface area is 101 Å². The van der Waals surface area contributed by atoms with Gasteiger partial charge in [-0.15, -0.1) is 0 Å². The molecule has 1 aliphatic heterocycles. The summed E-state index contributed by atoms with van der Waals surface area (Å²) in [5.74, 6) is 1.09. The number of thioether (sulfide) groups is 1. The number of hydrogen-bond donors (Lipinski definition) is 1. The van der Waals surface area contributed by atoms with Crippen molar-refractivity contribution >= 4 is 22.6 Å². The van der Waals surface area contributed by atoms with Crippen molar-refractivity contribution in [3.8, 4) is 0 Å². The molecular weight excluding hydrogens is 220 g/mol. The number of hydrogen-bond acceptors (Lipinski definition) is 4. The van der Waals surface area contributed by atoms with Crippen molar-refractivity contribution in [2.75, 3.05) is 11.1 Å². The molecule has 0 radical (unpaired) electrons. The molecule has 88 valence electrons. The van der Waals surface area contributed by atoms with Crippen LogP contribution in [0.2, 0.25) is 0 Å². The zero-order chi connectivity index (χ0) is 11.6. The predicted octanol–water partition coefficient (Wildman–Crippen LogP) is 2.49. The van der Waals surface area contributed by atoms with Crippen LogP contribution in [-0.4, -0.2) is 26.2 Å². The molecule has 1 aromatic rings. The quantitative estimate of drug-likeness (QED) is 0.879. The number of aryl methyl sites for hydroxylation is 1. The van der Waals surface area contributed by atoms with E-state index in [9.17, 15) is 0 Å². The first-order valence-corrected chi connectivity index (χ1v) is 6.64. The third-order valence-electron chi connectivity index (χ3n) is 3.09. The van der Waals surface area contributed by atoms with Crippen LogP contribution in [-0.2, 0) is 7.05 Å². The van der Waals surface area contributed by atoms with Crippen molar-refractivity contribution in [3.63, 3.8) is 0 Å². The number of rotatable bonds is 3. The lowest BCUT2D eigenvalue weighted by Gasteiger charge is -2.20. The highest BCUT2D eigenvalue weighted by molar-refractivity contribution is 8.14. The molecule has 0 saturated carbocycles. The van der Waals surface area contributed by atoms with E-state index in [1.165, 1.54) is 0 Å². The normalized spacial score (nSPS) is 18.6. The van der Waals surface area contributed by atoms with Crippen molar-refractivity contribution in [2.45, 2.75) is 32.2 Å². The Kier molecular flexibility index (Phi) is 3.23. The van der Waals surface area contributed by atoms with Gasteiger partial charge in [-0.1, -0.05) is 25.6 Å². The van der Waals surface area contributed by atoms with Crippen LogP contribution in [0.25, 0.3) is 0 Å². The number of aromatic nitrogens is 2. The first-order valence-electron chi connectivity index (χ1n) is 5.66. The molecule has 0 aromatic carbocycles. The Bertz CT molecular complexity index is 392. The van der Waals surface area contributed by atoms with Gasteiger partial charge in [-0.05, 0) is 12.8 Å².